The molecule has 0 aliphatic carbocycles. The molecule has 0 aromatic carbocycles. The van der Waals surface area contributed by atoms with Crippen LogP contribution in [0.15, 0.2) is 0 Å². The minimum absolute atomic E-state index is 0.710. The summed E-state index contributed by atoms with van der Waals surface area (Å²) in [7, 11) is 0. The van der Waals surface area contributed by atoms with Gasteiger partial charge in [0, 0.05) is 4.83 Å². The number of hydrogen-bond donors (Lipinski definition) is 0. The van der Waals surface area contributed by atoms with E-state index in [-0.39, 0.29) is 0 Å². The normalized spacial score (nSPS) is 13.9. The van der Waals surface area contributed by atoms with E-state index < -0.39 is 0 Å². The van der Waals surface area contributed by atoms with Crippen LogP contribution in [-0.2, 0) is 0 Å². The van der Waals surface area contributed by atoms with Crippen molar-refractivity contribution in [1.82, 2.24) is 0 Å². The van der Waals surface area contributed by atoms with E-state index in [1.807, 2.05) is 0 Å². The third-order valence-corrected chi connectivity index (χ3v) is 2.34. The van der Waals surface area contributed by atoms with Gasteiger partial charge in [-0.15, -0.1) is 0 Å². The third-order valence-electron chi connectivity index (χ3n) is 1.88. The predicted octanol–water partition coefficient (Wildman–Crippen LogP) is 4.38. The predicted molar refractivity (Wildman–Crippen MR) is 56.3 cm³/mol. The van der Waals surface area contributed by atoms with Crippen molar-refractivity contribution in [3.8, 4) is 0 Å². The SMILES string of the molecule is CC(C)CCCCCC(C)Br. The molecule has 1 unspecified atom stereocenters. The fraction of sp³-hybridized carbons (Fsp3) is 1.00. The average molecular weight is 221 g/mol. The van der Waals surface area contributed by atoms with Crippen molar-refractivity contribution in [2.24, 2.45) is 5.92 Å². The van der Waals surface area contributed by atoms with Crippen molar-refractivity contribution >= 4 is 15.9 Å². The number of halogens is 1. The zero-order valence-corrected chi connectivity index (χ0v) is 9.65. The summed E-state index contributed by atoms with van der Waals surface area (Å²) >= 11 is 3.56. The first-order chi connectivity index (χ1) is 5.13. The Hall–Kier alpha value is 0.480. The molecule has 0 aliphatic rings. The van der Waals surface area contributed by atoms with Crippen molar-refractivity contribution in [3.05, 3.63) is 0 Å². The Labute approximate surface area is 79.9 Å². The van der Waals surface area contributed by atoms with Crippen LogP contribution in [0.2, 0.25) is 0 Å². The highest BCUT2D eigenvalue weighted by Crippen LogP contribution is 2.13. The number of alkyl halides is 1. The fourth-order valence-corrected chi connectivity index (χ4v) is 1.48. The van der Waals surface area contributed by atoms with E-state index in [9.17, 15) is 0 Å². The van der Waals surface area contributed by atoms with E-state index >= 15 is 0 Å². The van der Waals surface area contributed by atoms with Gasteiger partial charge in [-0.05, 0) is 12.3 Å². The van der Waals surface area contributed by atoms with E-state index in [1.165, 1.54) is 32.1 Å². The van der Waals surface area contributed by atoms with Crippen LogP contribution in [-0.4, -0.2) is 4.83 Å². The molecule has 0 heterocycles. The van der Waals surface area contributed by atoms with Crippen LogP contribution in [0.3, 0.4) is 0 Å². The highest BCUT2D eigenvalue weighted by molar-refractivity contribution is 9.09. The Morgan fingerprint density at radius 3 is 1.91 bits per heavy atom. The molecular formula is C10H21Br. The van der Waals surface area contributed by atoms with Crippen LogP contribution >= 0.6 is 15.9 Å². The third kappa shape index (κ3) is 10.5. The molecule has 68 valence electrons. The molecule has 0 saturated heterocycles. The van der Waals surface area contributed by atoms with Gasteiger partial charge in [0.15, 0.2) is 0 Å². The summed E-state index contributed by atoms with van der Waals surface area (Å²) < 4.78 is 0. The summed E-state index contributed by atoms with van der Waals surface area (Å²) in [5.74, 6) is 0.886. The molecule has 0 radical (unpaired) electrons. The van der Waals surface area contributed by atoms with Gasteiger partial charge in [0.2, 0.25) is 0 Å². The first-order valence-electron chi connectivity index (χ1n) is 4.77. The molecule has 11 heavy (non-hydrogen) atoms. The lowest BCUT2D eigenvalue weighted by Crippen LogP contribution is -1.91. The molecule has 0 N–H and O–H groups in total. The Morgan fingerprint density at radius 1 is 0.909 bits per heavy atom. The largest absolute Gasteiger partial charge is 0.0894 e. The average Bonchev–Trinajstić information content (AvgIpc) is 1.85. The topological polar surface area (TPSA) is 0 Å². The van der Waals surface area contributed by atoms with Crippen molar-refractivity contribution in [2.75, 3.05) is 0 Å². The molecule has 1 atom stereocenters. The van der Waals surface area contributed by atoms with Gasteiger partial charge in [-0.1, -0.05) is 62.4 Å². The van der Waals surface area contributed by atoms with Crippen molar-refractivity contribution < 1.29 is 0 Å². The van der Waals surface area contributed by atoms with Crippen LogP contribution in [0.4, 0.5) is 0 Å². The number of rotatable bonds is 6. The summed E-state index contributed by atoms with van der Waals surface area (Å²) in [6.07, 6.45) is 6.94. The summed E-state index contributed by atoms with van der Waals surface area (Å²) in [6.45, 7) is 6.82. The molecule has 0 saturated carbocycles. The molecule has 0 rings (SSSR count). The first kappa shape index (κ1) is 11.5. The van der Waals surface area contributed by atoms with Crippen molar-refractivity contribution in [1.29, 1.82) is 0 Å². The molecule has 0 fully saturated rings. The molecule has 0 spiro atoms. The lowest BCUT2D eigenvalue weighted by Gasteiger charge is -2.04. The van der Waals surface area contributed by atoms with E-state index in [0.717, 1.165) is 5.92 Å². The second-order valence-corrected chi connectivity index (χ2v) is 5.38. The first-order valence-corrected chi connectivity index (χ1v) is 5.68. The molecule has 0 aromatic heterocycles. The Bertz CT molecular complexity index is 66.9. The monoisotopic (exact) mass is 220 g/mol. The molecular weight excluding hydrogens is 200 g/mol. The minimum Gasteiger partial charge on any atom is -0.0894 e. The summed E-state index contributed by atoms with van der Waals surface area (Å²) in [4.78, 5) is 0.710. The van der Waals surface area contributed by atoms with Gasteiger partial charge in [0.25, 0.3) is 0 Å². The second-order valence-electron chi connectivity index (χ2n) is 3.81. The molecule has 0 nitrogen and oxygen atoms in total. The molecule has 0 aliphatic heterocycles. The number of unbranched alkanes of at least 4 members (excludes halogenated alkanes) is 2. The Kier molecular flexibility index (Phi) is 7.46. The molecule has 0 aromatic rings. The Balaban J connectivity index is 2.91. The molecule has 0 amide bonds. The summed E-state index contributed by atoms with van der Waals surface area (Å²) in [6, 6.07) is 0. The van der Waals surface area contributed by atoms with Gasteiger partial charge in [-0.3, -0.25) is 0 Å². The fourth-order valence-electron chi connectivity index (χ4n) is 1.15. The van der Waals surface area contributed by atoms with Crippen molar-refractivity contribution in [2.45, 2.75) is 57.7 Å². The van der Waals surface area contributed by atoms with Crippen LogP contribution in [0.1, 0.15) is 52.9 Å². The van der Waals surface area contributed by atoms with Gasteiger partial charge >= 0.3 is 0 Å². The number of hydrogen-bond acceptors (Lipinski definition) is 0. The second kappa shape index (κ2) is 7.15. The van der Waals surface area contributed by atoms with Crippen LogP contribution in [0, 0.1) is 5.92 Å². The van der Waals surface area contributed by atoms with Crippen LogP contribution in [0.25, 0.3) is 0 Å². The van der Waals surface area contributed by atoms with Gasteiger partial charge < -0.3 is 0 Å². The lowest BCUT2D eigenvalue weighted by atomic mass is 10.0. The van der Waals surface area contributed by atoms with E-state index in [1.54, 1.807) is 0 Å². The van der Waals surface area contributed by atoms with Gasteiger partial charge in [0.05, 0.1) is 0 Å². The smallest absolute Gasteiger partial charge is 0.0117 e. The highest BCUT2D eigenvalue weighted by Gasteiger charge is 1.96. The maximum atomic E-state index is 3.56. The van der Waals surface area contributed by atoms with E-state index in [0.29, 0.717) is 4.83 Å². The molecule has 0 bridgehead atoms. The maximum Gasteiger partial charge on any atom is 0.0117 e. The van der Waals surface area contributed by atoms with Gasteiger partial charge in [-0.25, -0.2) is 0 Å². The lowest BCUT2D eigenvalue weighted by molar-refractivity contribution is 0.520. The van der Waals surface area contributed by atoms with Crippen LogP contribution in [0.5, 0.6) is 0 Å². The minimum atomic E-state index is 0.710. The maximum absolute atomic E-state index is 3.56. The highest BCUT2D eigenvalue weighted by atomic mass is 79.9. The van der Waals surface area contributed by atoms with E-state index in [2.05, 4.69) is 36.7 Å². The quantitative estimate of drug-likeness (QED) is 0.461. The zero-order valence-electron chi connectivity index (χ0n) is 8.07. The van der Waals surface area contributed by atoms with Crippen LogP contribution < -0.4 is 0 Å². The van der Waals surface area contributed by atoms with Gasteiger partial charge in [-0.2, -0.15) is 0 Å². The summed E-state index contributed by atoms with van der Waals surface area (Å²) in [5, 5.41) is 0. The standard InChI is InChI=1S/C10H21Br/c1-9(2)7-5-4-6-8-10(3)11/h9-10H,4-8H2,1-3H3. The Morgan fingerprint density at radius 2 is 1.45 bits per heavy atom. The zero-order chi connectivity index (χ0) is 8.69. The van der Waals surface area contributed by atoms with E-state index in [4.69, 9.17) is 0 Å². The summed E-state index contributed by atoms with van der Waals surface area (Å²) in [5.41, 5.74) is 0. The van der Waals surface area contributed by atoms with Crippen molar-refractivity contribution in [3.63, 3.8) is 0 Å². The van der Waals surface area contributed by atoms with Gasteiger partial charge in [0.1, 0.15) is 0 Å². The molecule has 1 heteroatoms.